The largest absolute Gasteiger partial charge is 0.406 e. The van der Waals surface area contributed by atoms with Crippen molar-refractivity contribution in [2.75, 3.05) is 6.61 Å². The molecule has 0 amide bonds. The average molecular weight is 481 g/mol. The zero-order valence-electron chi connectivity index (χ0n) is 19.7. The number of hydrogen-bond acceptors (Lipinski definition) is 4. The van der Waals surface area contributed by atoms with Gasteiger partial charge in [-0.1, -0.05) is 81.4 Å². The normalized spacial score (nSPS) is 19.0. The lowest BCUT2D eigenvalue weighted by atomic mass is 10.2. The van der Waals surface area contributed by atoms with E-state index in [1.54, 1.807) is 29.4 Å². The molecule has 7 heteroatoms. The number of benzene rings is 2. The van der Waals surface area contributed by atoms with E-state index in [0.29, 0.717) is 12.2 Å². The van der Waals surface area contributed by atoms with Crippen LogP contribution < -0.4 is 21.6 Å². The van der Waals surface area contributed by atoms with Crippen molar-refractivity contribution >= 4 is 30.5 Å². The van der Waals surface area contributed by atoms with Gasteiger partial charge in [0.25, 0.3) is 13.9 Å². The van der Waals surface area contributed by atoms with E-state index in [2.05, 4.69) is 86.4 Å². The van der Waals surface area contributed by atoms with Crippen LogP contribution in [-0.4, -0.2) is 29.7 Å². The van der Waals surface area contributed by atoms with Crippen molar-refractivity contribution in [3.8, 4) is 0 Å². The van der Waals surface area contributed by atoms with E-state index in [1.165, 1.54) is 10.4 Å². The number of nitrogens with zero attached hydrogens (tertiary/aromatic N) is 1. The molecule has 0 aliphatic carbocycles. The van der Waals surface area contributed by atoms with E-state index in [0.717, 1.165) is 12.8 Å². The zero-order valence-corrected chi connectivity index (χ0v) is 21.5. The van der Waals surface area contributed by atoms with Gasteiger partial charge in [-0.25, -0.2) is 4.79 Å². The lowest BCUT2D eigenvalue weighted by Crippen LogP contribution is -2.67. The minimum Gasteiger partial charge on any atom is -0.406 e. The molecule has 0 radical (unpaired) electrons. The van der Waals surface area contributed by atoms with Crippen molar-refractivity contribution in [2.24, 2.45) is 0 Å². The van der Waals surface area contributed by atoms with Crippen molar-refractivity contribution in [2.45, 2.75) is 56.2 Å². The van der Waals surface area contributed by atoms with Gasteiger partial charge in [-0.15, -0.1) is 11.8 Å². The molecule has 4 rings (SSSR count). The van der Waals surface area contributed by atoms with Gasteiger partial charge in [0.1, 0.15) is 0 Å². The van der Waals surface area contributed by atoms with E-state index in [1.807, 2.05) is 0 Å². The third kappa shape index (κ3) is 4.67. The predicted octanol–water partition coefficient (Wildman–Crippen LogP) is 3.82. The summed E-state index contributed by atoms with van der Waals surface area (Å²) in [5, 5.41) is 2.79. The minimum atomic E-state index is -2.57. The maximum atomic E-state index is 12.4. The van der Waals surface area contributed by atoms with Crippen molar-refractivity contribution in [3.05, 3.63) is 93.3 Å². The standard InChI is InChI=1S/C26H32N2O3SSi/c1-19-17-28(25(30)27-24(19)29)23-16-15-20(32-23)18-31-33(26(2,3)4,21-11-7-5-8-12-21)22-13-9-6-10-14-22/h5-14,17,20,23H,15-16,18H2,1-4H3,(H,27,29,30)/t20-,23-/m0/s1. The van der Waals surface area contributed by atoms with E-state index < -0.39 is 8.32 Å². The van der Waals surface area contributed by atoms with Gasteiger partial charge < -0.3 is 4.43 Å². The molecule has 33 heavy (non-hydrogen) atoms. The lowest BCUT2D eigenvalue weighted by molar-refractivity contribution is 0.295. The summed E-state index contributed by atoms with van der Waals surface area (Å²) < 4.78 is 8.75. The van der Waals surface area contributed by atoms with E-state index >= 15 is 0 Å². The van der Waals surface area contributed by atoms with Crippen LogP contribution in [0, 0.1) is 6.92 Å². The van der Waals surface area contributed by atoms with Gasteiger partial charge in [0.2, 0.25) is 0 Å². The second-order valence-electron chi connectivity index (χ2n) is 9.74. The first-order valence-electron chi connectivity index (χ1n) is 11.4. The summed E-state index contributed by atoms with van der Waals surface area (Å²) in [6.45, 7) is 9.22. The molecule has 2 atom stereocenters. The zero-order chi connectivity index (χ0) is 23.6. The van der Waals surface area contributed by atoms with Crippen LogP contribution in [-0.2, 0) is 4.43 Å². The minimum absolute atomic E-state index is 0.0146. The van der Waals surface area contributed by atoms with Crippen molar-refractivity contribution < 1.29 is 4.43 Å². The number of aromatic nitrogens is 2. The molecule has 0 saturated carbocycles. The Morgan fingerprint density at radius 3 is 2.12 bits per heavy atom. The molecule has 2 aromatic carbocycles. The van der Waals surface area contributed by atoms with Gasteiger partial charge in [0.15, 0.2) is 0 Å². The molecule has 3 aromatic rings. The maximum Gasteiger partial charge on any atom is 0.329 e. The number of rotatable bonds is 6. The number of thioether (sulfide) groups is 1. The molecular formula is C26H32N2O3SSi. The van der Waals surface area contributed by atoms with Crippen LogP contribution in [0.5, 0.6) is 0 Å². The molecule has 0 spiro atoms. The molecule has 1 fully saturated rings. The van der Waals surface area contributed by atoms with E-state index in [-0.39, 0.29) is 26.9 Å². The van der Waals surface area contributed by atoms with Crippen LogP contribution in [0.1, 0.15) is 44.6 Å². The molecule has 1 aliphatic rings. The lowest BCUT2D eigenvalue weighted by Gasteiger charge is -2.43. The Hall–Kier alpha value is -2.35. The van der Waals surface area contributed by atoms with Gasteiger partial charge in [-0.05, 0) is 35.2 Å². The number of nitrogens with one attached hydrogen (secondary N) is 1. The van der Waals surface area contributed by atoms with Crippen LogP contribution in [0.15, 0.2) is 76.4 Å². The topological polar surface area (TPSA) is 64.1 Å². The summed E-state index contributed by atoms with van der Waals surface area (Å²) in [5.41, 5.74) is -0.0929. The molecule has 1 aromatic heterocycles. The number of H-pyrrole nitrogens is 1. The SMILES string of the molecule is Cc1cn([C@@H]2CC[C@@H](CO[Si](c3ccccc3)(c3ccccc3)C(C)(C)C)S2)c(=O)[nH]c1=O. The highest BCUT2D eigenvalue weighted by Gasteiger charge is 2.50. The summed E-state index contributed by atoms with van der Waals surface area (Å²) in [6.07, 6.45) is 3.53. The fourth-order valence-electron chi connectivity index (χ4n) is 4.79. The Morgan fingerprint density at radius 2 is 1.58 bits per heavy atom. The molecule has 0 bridgehead atoms. The Morgan fingerprint density at radius 1 is 1.00 bits per heavy atom. The third-order valence-corrected chi connectivity index (χ3v) is 13.0. The summed E-state index contributed by atoms with van der Waals surface area (Å²) in [5.74, 6) is 0. The second-order valence-corrected chi connectivity index (χ2v) is 15.5. The first kappa shape index (κ1) is 23.8. The van der Waals surface area contributed by atoms with Gasteiger partial charge in [0.05, 0.1) is 5.37 Å². The fraction of sp³-hybridized carbons (Fsp3) is 0.385. The Labute approximate surface area is 200 Å². The van der Waals surface area contributed by atoms with E-state index in [9.17, 15) is 9.59 Å². The number of aromatic amines is 1. The van der Waals surface area contributed by atoms with Gasteiger partial charge >= 0.3 is 5.69 Å². The van der Waals surface area contributed by atoms with Crippen molar-refractivity contribution in [3.63, 3.8) is 0 Å². The van der Waals surface area contributed by atoms with Crippen LogP contribution >= 0.6 is 11.8 Å². The molecule has 174 valence electrons. The molecule has 0 unspecified atom stereocenters. The highest BCUT2D eigenvalue weighted by molar-refractivity contribution is 8.00. The molecular weight excluding hydrogens is 448 g/mol. The smallest absolute Gasteiger partial charge is 0.329 e. The summed E-state index contributed by atoms with van der Waals surface area (Å²) >= 11 is 1.77. The first-order valence-corrected chi connectivity index (χ1v) is 14.3. The average Bonchev–Trinajstić information content (AvgIpc) is 3.26. The highest BCUT2D eigenvalue weighted by atomic mass is 32.2. The highest BCUT2D eigenvalue weighted by Crippen LogP contribution is 2.42. The summed E-state index contributed by atoms with van der Waals surface area (Å²) in [7, 11) is -2.57. The number of aryl methyl sites for hydroxylation is 1. The summed E-state index contributed by atoms with van der Waals surface area (Å²) in [6, 6.07) is 21.3. The van der Waals surface area contributed by atoms with E-state index in [4.69, 9.17) is 4.43 Å². The Bertz CT molecular complexity index is 1160. The maximum absolute atomic E-state index is 12.4. The van der Waals surface area contributed by atoms with Crippen molar-refractivity contribution in [1.82, 2.24) is 9.55 Å². The van der Waals surface area contributed by atoms with Crippen LogP contribution in [0.2, 0.25) is 5.04 Å². The fourth-order valence-corrected chi connectivity index (χ4v) is 10.9. The Kier molecular flexibility index (Phi) is 6.84. The summed E-state index contributed by atoms with van der Waals surface area (Å²) in [4.78, 5) is 26.6. The number of hydrogen-bond donors (Lipinski definition) is 1. The quantitative estimate of drug-likeness (QED) is 0.545. The van der Waals surface area contributed by atoms with Crippen LogP contribution in [0.25, 0.3) is 0 Å². The molecule has 1 saturated heterocycles. The second kappa shape index (κ2) is 9.48. The van der Waals surface area contributed by atoms with Gasteiger partial charge in [-0.3, -0.25) is 14.3 Å². The van der Waals surface area contributed by atoms with Crippen LogP contribution in [0.3, 0.4) is 0 Å². The molecule has 1 aliphatic heterocycles. The molecule has 2 heterocycles. The molecule has 5 nitrogen and oxygen atoms in total. The third-order valence-electron chi connectivity index (χ3n) is 6.44. The molecule has 1 N–H and O–H groups in total. The van der Waals surface area contributed by atoms with Crippen LogP contribution in [0.4, 0.5) is 0 Å². The monoisotopic (exact) mass is 480 g/mol. The van der Waals surface area contributed by atoms with Gasteiger partial charge in [0, 0.05) is 23.6 Å². The predicted molar refractivity (Wildman–Crippen MR) is 139 cm³/mol. The first-order chi connectivity index (χ1) is 15.7. The van der Waals surface area contributed by atoms with Gasteiger partial charge in [-0.2, -0.15) is 0 Å². The Balaban J connectivity index is 1.62. The van der Waals surface area contributed by atoms with Crippen molar-refractivity contribution in [1.29, 1.82) is 0 Å².